The van der Waals surface area contributed by atoms with Crippen LogP contribution in [0.15, 0.2) is 23.1 Å². The number of halogens is 1. The normalized spacial score (nSPS) is 11.8. The number of aliphatic hydroxyl groups is 1. The Hall–Kier alpha value is -0.180. The van der Waals surface area contributed by atoms with Crippen molar-refractivity contribution in [2.45, 2.75) is 24.3 Å². The zero-order chi connectivity index (χ0) is 9.35. The summed E-state index contributed by atoms with van der Waals surface area (Å²) in [5, 5.41) is 10.2. The van der Waals surface area contributed by atoms with Crippen molar-refractivity contribution in [3.63, 3.8) is 0 Å². The molecule has 0 unspecified atom stereocenters. The highest BCUT2D eigenvalue weighted by atomic mass is 35.5. The highest BCUT2D eigenvalue weighted by molar-refractivity contribution is 7.80. The van der Waals surface area contributed by atoms with E-state index in [0.29, 0.717) is 9.92 Å². The van der Waals surface area contributed by atoms with Gasteiger partial charge in [-0.3, -0.25) is 0 Å². The summed E-state index contributed by atoms with van der Waals surface area (Å²) in [6.07, 6.45) is 0. The first-order chi connectivity index (χ1) is 5.41. The fraction of sp³-hybridized carbons (Fsp3) is 0.333. The van der Waals surface area contributed by atoms with Gasteiger partial charge in [0.05, 0.1) is 10.6 Å². The van der Waals surface area contributed by atoms with Gasteiger partial charge in [-0.2, -0.15) is 0 Å². The van der Waals surface area contributed by atoms with Gasteiger partial charge in [0.15, 0.2) is 0 Å². The SMILES string of the molecule is CC(C)(O)c1ccc(Cl)c(S)c1. The first kappa shape index (κ1) is 9.90. The Morgan fingerprint density at radius 1 is 1.42 bits per heavy atom. The van der Waals surface area contributed by atoms with Gasteiger partial charge >= 0.3 is 0 Å². The van der Waals surface area contributed by atoms with Gasteiger partial charge in [-0.15, -0.1) is 12.6 Å². The first-order valence-corrected chi connectivity index (χ1v) is 4.45. The second kappa shape index (κ2) is 3.29. The predicted octanol–water partition coefficient (Wildman–Crippen LogP) is 2.86. The quantitative estimate of drug-likeness (QED) is 0.672. The number of rotatable bonds is 1. The molecule has 12 heavy (non-hydrogen) atoms. The van der Waals surface area contributed by atoms with Gasteiger partial charge in [0.25, 0.3) is 0 Å². The van der Waals surface area contributed by atoms with E-state index in [1.165, 1.54) is 0 Å². The summed E-state index contributed by atoms with van der Waals surface area (Å²) in [7, 11) is 0. The predicted molar refractivity (Wildman–Crippen MR) is 53.9 cm³/mol. The van der Waals surface area contributed by atoms with Gasteiger partial charge in [-0.05, 0) is 31.5 Å². The van der Waals surface area contributed by atoms with Gasteiger partial charge in [0.1, 0.15) is 0 Å². The second-order valence-corrected chi connectivity index (χ2v) is 4.11. The van der Waals surface area contributed by atoms with Gasteiger partial charge in [-0.1, -0.05) is 17.7 Å². The van der Waals surface area contributed by atoms with E-state index < -0.39 is 5.60 Å². The zero-order valence-corrected chi connectivity index (χ0v) is 8.65. The molecule has 66 valence electrons. The summed E-state index contributed by atoms with van der Waals surface area (Å²) in [6, 6.07) is 5.30. The van der Waals surface area contributed by atoms with E-state index in [2.05, 4.69) is 12.6 Å². The summed E-state index contributed by atoms with van der Waals surface area (Å²) >= 11 is 9.93. The average Bonchev–Trinajstić information content (AvgIpc) is 1.92. The van der Waals surface area contributed by atoms with E-state index in [0.717, 1.165) is 5.56 Å². The molecule has 0 aliphatic rings. The maximum atomic E-state index is 9.63. The van der Waals surface area contributed by atoms with Gasteiger partial charge in [-0.25, -0.2) is 0 Å². The Bertz CT molecular complexity index is 291. The van der Waals surface area contributed by atoms with E-state index >= 15 is 0 Å². The summed E-state index contributed by atoms with van der Waals surface area (Å²) in [5.74, 6) is 0. The van der Waals surface area contributed by atoms with E-state index in [-0.39, 0.29) is 0 Å². The third kappa shape index (κ3) is 2.16. The molecular formula is C9H11ClOS. The molecule has 0 saturated carbocycles. The minimum absolute atomic E-state index is 0.603. The molecule has 1 aromatic rings. The van der Waals surface area contributed by atoms with Gasteiger partial charge in [0, 0.05) is 4.90 Å². The van der Waals surface area contributed by atoms with Crippen LogP contribution in [-0.4, -0.2) is 5.11 Å². The highest BCUT2D eigenvalue weighted by Gasteiger charge is 2.16. The molecule has 0 atom stereocenters. The Balaban J connectivity index is 3.14. The Labute approximate surface area is 82.8 Å². The maximum Gasteiger partial charge on any atom is 0.0840 e. The van der Waals surface area contributed by atoms with E-state index in [1.807, 2.05) is 0 Å². The van der Waals surface area contributed by atoms with Crippen LogP contribution in [0.1, 0.15) is 19.4 Å². The molecule has 1 nitrogen and oxygen atoms in total. The molecule has 0 radical (unpaired) electrons. The van der Waals surface area contributed by atoms with Crippen molar-refractivity contribution in [3.05, 3.63) is 28.8 Å². The van der Waals surface area contributed by atoms with Gasteiger partial charge < -0.3 is 5.11 Å². The monoisotopic (exact) mass is 202 g/mol. The lowest BCUT2D eigenvalue weighted by molar-refractivity contribution is 0.0784. The maximum absolute atomic E-state index is 9.63. The third-order valence-corrected chi connectivity index (χ3v) is 2.48. The molecule has 0 aliphatic carbocycles. The minimum atomic E-state index is -0.831. The first-order valence-electron chi connectivity index (χ1n) is 3.62. The number of benzene rings is 1. The van der Waals surface area contributed by atoms with Crippen LogP contribution in [0, 0.1) is 0 Å². The van der Waals surface area contributed by atoms with Crippen molar-refractivity contribution in [1.82, 2.24) is 0 Å². The molecule has 1 rings (SSSR count). The average molecular weight is 203 g/mol. The van der Waals surface area contributed by atoms with Crippen molar-refractivity contribution in [1.29, 1.82) is 0 Å². The van der Waals surface area contributed by atoms with Crippen LogP contribution in [0.4, 0.5) is 0 Å². The van der Waals surface area contributed by atoms with E-state index in [4.69, 9.17) is 11.6 Å². The lowest BCUT2D eigenvalue weighted by atomic mass is 9.99. The largest absolute Gasteiger partial charge is 0.386 e. The number of thiol groups is 1. The molecule has 0 aromatic heterocycles. The number of hydrogen-bond donors (Lipinski definition) is 2. The second-order valence-electron chi connectivity index (χ2n) is 3.23. The molecular weight excluding hydrogens is 192 g/mol. The minimum Gasteiger partial charge on any atom is -0.386 e. The molecule has 1 N–H and O–H groups in total. The van der Waals surface area contributed by atoms with Gasteiger partial charge in [0.2, 0.25) is 0 Å². The number of hydrogen-bond acceptors (Lipinski definition) is 2. The molecule has 0 spiro atoms. The van der Waals surface area contributed by atoms with E-state index in [9.17, 15) is 5.11 Å². The van der Waals surface area contributed by atoms with Crippen LogP contribution in [0.5, 0.6) is 0 Å². The van der Waals surface area contributed by atoms with Crippen molar-refractivity contribution in [2.24, 2.45) is 0 Å². The molecule has 0 aliphatic heterocycles. The van der Waals surface area contributed by atoms with Crippen molar-refractivity contribution in [3.8, 4) is 0 Å². The Morgan fingerprint density at radius 2 is 2.00 bits per heavy atom. The standard InChI is InChI=1S/C9H11ClOS/c1-9(2,11)6-3-4-7(10)8(12)5-6/h3-5,11-12H,1-2H3. The molecule has 0 amide bonds. The Morgan fingerprint density at radius 3 is 2.42 bits per heavy atom. The smallest absolute Gasteiger partial charge is 0.0840 e. The third-order valence-electron chi connectivity index (χ3n) is 1.65. The topological polar surface area (TPSA) is 20.2 Å². The summed E-state index contributed by atoms with van der Waals surface area (Å²) in [5.41, 5.74) is -0.0147. The van der Waals surface area contributed by atoms with Crippen molar-refractivity contribution >= 4 is 24.2 Å². The Kier molecular flexibility index (Phi) is 2.71. The lowest BCUT2D eigenvalue weighted by Gasteiger charge is -2.18. The van der Waals surface area contributed by atoms with E-state index in [1.54, 1.807) is 32.0 Å². The fourth-order valence-corrected chi connectivity index (χ4v) is 1.22. The summed E-state index contributed by atoms with van der Waals surface area (Å²) < 4.78 is 0. The molecule has 1 aromatic carbocycles. The van der Waals surface area contributed by atoms with Crippen LogP contribution in [0.25, 0.3) is 0 Å². The van der Waals surface area contributed by atoms with Crippen LogP contribution >= 0.6 is 24.2 Å². The molecule has 0 heterocycles. The van der Waals surface area contributed by atoms with Crippen LogP contribution in [0.2, 0.25) is 5.02 Å². The summed E-state index contributed by atoms with van der Waals surface area (Å²) in [4.78, 5) is 0.691. The van der Waals surface area contributed by atoms with Crippen molar-refractivity contribution < 1.29 is 5.11 Å². The van der Waals surface area contributed by atoms with Crippen LogP contribution in [0.3, 0.4) is 0 Å². The van der Waals surface area contributed by atoms with Crippen LogP contribution < -0.4 is 0 Å². The lowest BCUT2D eigenvalue weighted by Crippen LogP contribution is -2.15. The zero-order valence-electron chi connectivity index (χ0n) is 7.00. The molecule has 0 bridgehead atoms. The fourth-order valence-electron chi connectivity index (χ4n) is 0.893. The molecule has 0 saturated heterocycles. The van der Waals surface area contributed by atoms with Crippen molar-refractivity contribution in [2.75, 3.05) is 0 Å². The molecule has 0 fully saturated rings. The summed E-state index contributed by atoms with van der Waals surface area (Å²) in [6.45, 7) is 3.45. The van der Waals surface area contributed by atoms with Crippen LogP contribution in [-0.2, 0) is 5.60 Å². The molecule has 3 heteroatoms. The highest BCUT2D eigenvalue weighted by Crippen LogP contribution is 2.26.